The summed E-state index contributed by atoms with van der Waals surface area (Å²) in [5, 5.41) is 2.53. The van der Waals surface area contributed by atoms with E-state index < -0.39 is 18.1 Å². The number of hydrogen-bond acceptors (Lipinski definition) is 5. The zero-order valence-electron chi connectivity index (χ0n) is 19.9. The average Bonchev–Trinajstić information content (AvgIpc) is 2.95. The second-order valence-electron chi connectivity index (χ2n) is 8.81. The van der Waals surface area contributed by atoms with Crippen LogP contribution in [0.5, 0.6) is 0 Å². The Morgan fingerprint density at radius 1 is 0.946 bits per heavy atom. The van der Waals surface area contributed by atoms with E-state index in [1.807, 2.05) is 91.0 Å². The van der Waals surface area contributed by atoms with Crippen LogP contribution in [0.25, 0.3) is 0 Å². The highest BCUT2D eigenvalue weighted by atomic mass is 127. The molecule has 8 heteroatoms. The van der Waals surface area contributed by atoms with Gasteiger partial charge in [-0.25, -0.2) is 4.79 Å². The molecule has 0 spiro atoms. The van der Waals surface area contributed by atoms with Crippen LogP contribution in [0.4, 0.5) is 0 Å². The molecule has 1 saturated heterocycles. The number of halogens is 1. The highest BCUT2D eigenvalue weighted by molar-refractivity contribution is 14.1. The molecule has 37 heavy (non-hydrogen) atoms. The molecule has 0 bridgehead atoms. The van der Waals surface area contributed by atoms with Gasteiger partial charge in [0.1, 0.15) is 17.1 Å². The van der Waals surface area contributed by atoms with Gasteiger partial charge in [0.25, 0.3) is 5.91 Å². The summed E-state index contributed by atoms with van der Waals surface area (Å²) in [5.74, 6) is -0.444. The van der Waals surface area contributed by atoms with Crippen LogP contribution in [0.15, 0.2) is 102 Å². The second kappa shape index (κ2) is 11.5. The summed E-state index contributed by atoms with van der Waals surface area (Å²) in [4.78, 5) is 41.0. The largest absolute Gasteiger partial charge is 0.448 e. The molecular weight excluding hydrogens is 599 g/mol. The second-order valence-corrected chi connectivity index (χ2v) is 10.7. The van der Waals surface area contributed by atoms with Gasteiger partial charge in [-0.2, -0.15) is 0 Å². The molecule has 2 amide bonds. The minimum atomic E-state index is -0.668. The lowest BCUT2D eigenvalue weighted by atomic mass is 10.0. The van der Waals surface area contributed by atoms with E-state index >= 15 is 0 Å². The highest BCUT2D eigenvalue weighted by Gasteiger charge is 2.54. The zero-order valence-corrected chi connectivity index (χ0v) is 22.9. The molecule has 1 fully saturated rings. The maximum absolute atomic E-state index is 13.7. The number of esters is 1. The van der Waals surface area contributed by atoms with E-state index in [2.05, 4.69) is 27.9 Å². The monoisotopic (exact) mass is 624 g/mol. The summed E-state index contributed by atoms with van der Waals surface area (Å²) < 4.78 is 6.70. The third-order valence-electron chi connectivity index (χ3n) is 6.36. The molecule has 6 nitrogen and oxygen atoms in total. The summed E-state index contributed by atoms with van der Waals surface area (Å²) in [6, 6.07) is 27.9. The van der Waals surface area contributed by atoms with E-state index in [1.54, 1.807) is 11.8 Å². The zero-order chi connectivity index (χ0) is 25.8. The summed E-state index contributed by atoms with van der Waals surface area (Å²) in [7, 11) is 0. The fourth-order valence-corrected chi connectivity index (χ4v) is 6.87. The van der Waals surface area contributed by atoms with Gasteiger partial charge in [-0.05, 0) is 22.3 Å². The van der Waals surface area contributed by atoms with Crippen molar-refractivity contribution in [2.45, 2.75) is 23.9 Å². The maximum Gasteiger partial charge on any atom is 0.356 e. The Morgan fingerprint density at radius 3 is 2.08 bits per heavy atom. The summed E-state index contributed by atoms with van der Waals surface area (Å²) in [6.07, 6.45) is -0.412. The molecule has 2 heterocycles. The van der Waals surface area contributed by atoms with Crippen LogP contribution in [0.1, 0.15) is 22.8 Å². The van der Waals surface area contributed by atoms with Crippen molar-refractivity contribution in [2.24, 2.45) is 0 Å². The van der Waals surface area contributed by atoms with Crippen molar-refractivity contribution >= 4 is 52.1 Å². The molecule has 0 saturated carbocycles. The first-order valence-corrected chi connectivity index (χ1v) is 14.5. The Balaban J connectivity index is 1.35. The van der Waals surface area contributed by atoms with Crippen molar-refractivity contribution in [3.05, 3.63) is 119 Å². The number of alkyl halides is 1. The van der Waals surface area contributed by atoms with Gasteiger partial charge in [0.15, 0.2) is 6.10 Å². The number of benzene rings is 3. The summed E-state index contributed by atoms with van der Waals surface area (Å²) in [6.45, 7) is 0. The Labute approximate surface area is 233 Å². The van der Waals surface area contributed by atoms with Gasteiger partial charge in [0.05, 0.1) is 6.42 Å². The van der Waals surface area contributed by atoms with E-state index in [4.69, 9.17) is 4.74 Å². The first-order chi connectivity index (χ1) is 18.1. The first-order valence-electron chi connectivity index (χ1n) is 11.9. The molecule has 2 aliphatic heterocycles. The van der Waals surface area contributed by atoms with E-state index in [0.717, 1.165) is 22.3 Å². The molecule has 3 aromatic carbocycles. The molecule has 0 aromatic heterocycles. The number of rotatable bonds is 8. The number of β-lactam (4-membered cyclic amide) rings is 1. The van der Waals surface area contributed by atoms with Gasteiger partial charge in [0, 0.05) is 10.2 Å². The number of hydrogen-bond donors (Lipinski definition) is 1. The van der Waals surface area contributed by atoms with Gasteiger partial charge in [-0.15, -0.1) is 11.8 Å². The molecule has 0 aliphatic carbocycles. The van der Waals surface area contributed by atoms with Crippen LogP contribution in [0, 0.1) is 0 Å². The molecule has 2 aliphatic rings. The summed E-state index contributed by atoms with van der Waals surface area (Å²) in [5.41, 5.74) is 3.73. The molecule has 5 rings (SSSR count). The Kier molecular flexibility index (Phi) is 7.95. The number of carbonyl (C=O) groups is 3. The standard InChI is InChI=1S/C29H25IN2O4S/c30-17-22-18-37-28-24(31-23(33)16-19-10-4-1-5-11-19)27(34)32(28)25(22)29(35)36-26(20-12-6-2-7-13-20)21-14-8-3-9-15-21/h1-15,24,26,28H,16-18H2,(H,31,33)/t24-,28-/m1/s1. The minimum absolute atomic E-state index is 0.196. The molecule has 3 aromatic rings. The molecule has 0 unspecified atom stereocenters. The van der Waals surface area contributed by atoms with Crippen molar-refractivity contribution in [3.63, 3.8) is 0 Å². The van der Waals surface area contributed by atoms with Gasteiger partial charge >= 0.3 is 5.97 Å². The lowest BCUT2D eigenvalue weighted by molar-refractivity contribution is -0.154. The maximum atomic E-state index is 13.7. The normalized spacial score (nSPS) is 18.8. The van der Waals surface area contributed by atoms with Crippen molar-refractivity contribution in [1.82, 2.24) is 10.2 Å². The van der Waals surface area contributed by atoms with Crippen LogP contribution in [-0.2, 0) is 25.5 Å². The predicted molar refractivity (Wildman–Crippen MR) is 152 cm³/mol. The third-order valence-corrected chi connectivity index (χ3v) is 8.62. The SMILES string of the molecule is O=C(Cc1ccccc1)N[C@@H]1C(=O)N2C(C(=O)OC(c3ccccc3)c3ccccc3)=C(CI)CS[C@H]12. The van der Waals surface area contributed by atoms with Crippen LogP contribution in [0.2, 0.25) is 0 Å². The number of amides is 2. The number of nitrogens with one attached hydrogen (secondary N) is 1. The van der Waals surface area contributed by atoms with Crippen molar-refractivity contribution < 1.29 is 19.1 Å². The Hall–Kier alpha value is -3.11. The lowest BCUT2D eigenvalue weighted by Crippen LogP contribution is -2.70. The Morgan fingerprint density at radius 2 is 1.51 bits per heavy atom. The number of nitrogens with zero attached hydrogens (tertiary/aromatic N) is 1. The molecular formula is C29H25IN2O4S. The lowest BCUT2D eigenvalue weighted by Gasteiger charge is -2.49. The molecule has 0 radical (unpaired) electrons. The quantitative estimate of drug-likeness (QED) is 0.171. The van der Waals surface area contributed by atoms with Crippen LogP contribution in [-0.4, -0.2) is 44.3 Å². The first kappa shape index (κ1) is 25.5. The van der Waals surface area contributed by atoms with E-state index in [1.165, 1.54) is 4.90 Å². The van der Waals surface area contributed by atoms with Gasteiger partial charge in [-0.3, -0.25) is 14.5 Å². The number of carbonyl (C=O) groups excluding carboxylic acids is 3. The topological polar surface area (TPSA) is 75.7 Å². The van der Waals surface area contributed by atoms with Gasteiger partial charge in [-0.1, -0.05) is 114 Å². The number of ether oxygens (including phenoxy) is 1. The predicted octanol–water partition coefficient (Wildman–Crippen LogP) is 4.65. The highest BCUT2D eigenvalue weighted by Crippen LogP contribution is 2.42. The van der Waals surface area contributed by atoms with Crippen LogP contribution < -0.4 is 5.32 Å². The summed E-state index contributed by atoms with van der Waals surface area (Å²) >= 11 is 3.77. The van der Waals surface area contributed by atoms with Crippen LogP contribution >= 0.6 is 34.4 Å². The van der Waals surface area contributed by atoms with E-state index in [9.17, 15) is 14.4 Å². The fraction of sp³-hybridized carbons (Fsp3) is 0.207. The number of thioether (sulfide) groups is 1. The van der Waals surface area contributed by atoms with Crippen molar-refractivity contribution in [1.29, 1.82) is 0 Å². The van der Waals surface area contributed by atoms with Gasteiger partial charge in [0.2, 0.25) is 5.91 Å². The Bertz CT molecular complexity index is 1280. The molecule has 1 N–H and O–H groups in total. The average molecular weight is 625 g/mol. The minimum Gasteiger partial charge on any atom is -0.448 e. The number of fused-ring (bicyclic) bond motifs is 1. The molecule has 2 atom stereocenters. The van der Waals surface area contributed by atoms with Crippen LogP contribution in [0.3, 0.4) is 0 Å². The van der Waals surface area contributed by atoms with E-state index in [-0.39, 0.29) is 23.6 Å². The van der Waals surface area contributed by atoms with Crippen molar-refractivity contribution in [3.8, 4) is 0 Å². The van der Waals surface area contributed by atoms with E-state index in [0.29, 0.717) is 15.9 Å². The fourth-order valence-electron chi connectivity index (χ4n) is 4.53. The van der Waals surface area contributed by atoms with Crippen molar-refractivity contribution in [2.75, 3.05) is 10.2 Å². The van der Waals surface area contributed by atoms with Gasteiger partial charge < -0.3 is 10.1 Å². The molecule has 188 valence electrons. The smallest absolute Gasteiger partial charge is 0.356 e. The third kappa shape index (κ3) is 5.45.